The van der Waals surface area contributed by atoms with Crippen molar-refractivity contribution >= 4 is 11.7 Å². The number of amides is 2. The minimum absolute atomic E-state index is 0.0143. The van der Waals surface area contributed by atoms with Crippen LogP contribution in [0.1, 0.15) is 11.3 Å². The molecule has 0 bridgehead atoms. The monoisotopic (exact) mass is 313 g/mol. The van der Waals surface area contributed by atoms with E-state index in [-0.39, 0.29) is 6.03 Å². The minimum atomic E-state index is 0.0143. The predicted molar refractivity (Wildman–Crippen MR) is 90.8 cm³/mol. The van der Waals surface area contributed by atoms with Gasteiger partial charge in [0.1, 0.15) is 5.76 Å². The number of nitrogens with zero attached hydrogens (tertiary/aromatic N) is 2. The largest absolute Gasteiger partial charge is 0.469 e. The summed E-state index contributed by atoms with van der Waals surface area (Å²) >= 11 is 0. The van der Waals surface area contributed by atoms with Gasteiger partial charge in [0, 0.05) is 44.8 Å². The van der Waals surface area contributed by atoms with E-state index in [0.29, 0.717) is 6.54 Å². The average molecular weight is 313 g/mol. The van der Waals surface area contributed by atoms with Crippen LogP contribution in [0.5, 0.6) is 0 Å². The number of hydrogen-bond donors (Lipinski definition) is 1. The van der Waals surface area contributed by atoms with Crippen molar-refractivity contribution in [1.29, 1.82) is 0 Å². The standard InChI is InChI=1S/C18H23N3O2/c1-15-4-2-5-16(14-15)20-9-11-21(12-10-20)18(22)19-8-7-17-6-3-13-23-17/h2-6,13-14H,7-12H2,1H3,(H,19,22). The van der Waals surface area contributed by atoms with Crippen molar-refractivity contribution in [3.8, 4) is 0 Å². The Labute approximate surface area is 136 Å². The molecule has 5 nitrogen and oxygen atoms in total. The van der Waals surface area contributed by atoms with Crippen LogP contribution in [0.15, 0.2) is 47.1 Å². The Balaban J connectivity index is 1.44. The van der Waals surface area contributed by atoms with Crippen LogP contribution < -0.4 is 10.2 Å². The zero-order valence-corrected chi connectivity index (χ0v) is 13.5. The molecule has 5 heteroatoms. The second-order valence-electron chi connectivity index (χ2n) is 5.87. The Kier molecular flexibility index (Phi) is 4.86. The number of piperazine rings is 1. The highest BCUT2D eigenvalue weighted by molar-refractivity contribution is 5.74. The van der Waals surface area contributed by atoms with Crippen molar-refractivity contribution in [3.63, 3.8) is 0 Å². The fourth-order valence-corrected chi connectivity index (χ4v) is 2.85. The highest BCUT2D eigenvalue weighted by atomic mass is 16.3. The van der Waals surface area contributed by atoms with E-state index in [1.807, 2.05) is 17.0 Å². The van der Waals surface area contributed by atoms with Crippen molar-refractivity contribution in [2.24, 2.45) is 0 Å². The number of hydrogen-bond acceptors (Lipinski definition) is 3. The normalized spacial score (nSPS) is 14.8. The van der Waals surface area contributed by atoms with Crippen molar-refractivity contribution in [3.05, 3.63) is 54.0 Å². The maximum absolute atomic E-state index is 12.2. The Hall–Kier alpha value is -2.43. The number of carbonyl (C=O) groups excluding carboxylic acids is 1. The summed E-state index contributed by atoms with van der Waals surface area (Å²) in [5.74, 6) is 0.898. The Morgan fingerprint density at radius 3 is 2.70 bits per heavy atom. The molecule has 3 rings (SSSR count). The third kappa shape index (κ3) is 4.06. The first-order valence-corrected chi connectivity index (χ1v) is 8.09. The lowest BCUT2D eigenvalue weighted by Gasteiger charge is -2.36. The summed E-state index contributed by atoms with van der Waals surface area (Å²) in [4.78, 5) is 16.4. The maximum atomic E-state index is 12.2. The van der Waals surface area contributed by atoms with Crippen molar-refractivity contribution < 1.29 is 9.21 Å². The topological polar surface area (TPSA) is 48.7 Å². The van der Waals surface area contributed by atoms with E-state index in [9.17, 15) is 4.79 Å². The molecule has 1 aliphatic heterocycles. The van der Waals surface area contributed by atoms with Gasteiger partial charge < -0.3 is 19.5 Å². The number of carbonyl (C=O) groups is 1. The summed E-state index contributed by atoms with van der Waals surface area (Å²) in [6.45, 7) is 5.95. The third-order valence-corrected chi connectivity index (χ3v) is 4.16. The van der Waals surface area contributed by atoms with Gasteiger partial charge in [-0.25, -0.2) is 4.79 Å². The number of rotatable bonds is 4. The van der Waals surface area contributed by atoms with Gasteiger partial charge >= 0.3 is 6.03 Å². The van der Waals surface area contributed by atoms with Crippen LogP contribution in [0.3, 0.4) is 0 Å². The molecule has 1 saturated heterocycles. The SMILES string of the molecule is Cc1cccc(N2CCN(C(=O)NCCc3ccco3)CC2)c1. The first kappa shape index (κ1) is 15.5. The van der Waals surface area contributed by atoms with E-state index < -0.39 is 0 Å². The zero-order chi connectivity index (χ0) is 16.1. The van der Waals surface area contributed by atoms with Gasteiger partial charge in [-0.15, -0.1) is 0 Å². The predicted octanol–water partition coefficient (Wildman–Crippen LogP) is 2.66. The van der Waals surface area contributed by atoms with Gasteiger partial charge in [-0.1, -0.05) is 12.1 Å². The molecular formula is C18H23N3O2. The summed E-state index contributed by atoms with van der Waals surface area (Å²) in [7, 11) is 0. The number of nitrogens with one attached hydrogen (secondary N) is 1. The number of benzene rings is 1. The summed E-state index contributed by atoms with van der Waals surface area (Å²) < 4.78 is 5.26. The number of urea groups is 1. The molecule has 122 valence electrons. The van der Waals surface area contributed by atoms with Crippen molar-refractivity contribution in [2.45, 2.75) is 13.3 Å². The van der Waals surface area contributed by atoms with Crippen LogP contribution in [-0.2, 0) is 6.42 Å². The molecule has 2 amide bonds. The smallest absolute Gasteiger partial charge is 0.317 e. The summed E-state index contributed by atoms with van der Waals surface area (Å²) in [5.41, 5.74) is 2.50. The molecule has 0 aliphatic carbocycles. The molecule has 1 fully saturated rings. The van der Waals surface area contributed by atoms with Crippen LogP contribution in [0.4, 0.5) is 10.5 Å². The molecule has 0 spiro atoms. The van der Waals surface area contributed by atoms with E-state index in [0.717, 1.165) is 38.4 Å². The molecule has 0 saturated carbocycles. The molecule has 1 aliphatic rings. The van der Waals surface area contributed by atoms with Gasteiger partial charge in [0.15, 0.2) is 0 Å². The number of aryl methyl sites for hydroxylation is 1. The lowest BCUT2D eigenvalue weighted by molar-refractivity contribution is 0.194. The molecule has 1 aromatic heterocycles. The van der Waals surface area contributed by atoms with Crippen LogP contribution in [0.2, 0.25) is 0 Å². The molecule has 2 aromatic rings. The Bertz CT molecular complexity index is 631. The van der Waals surface area contributed by atoms with Crippen molar-refractivity contribution in [1.82, 2.24) is 10.2 Å². The first-order chi connectivity index (χ1) is 11.2. The fraction of sp³-hybridized carbons (Fsp3) is 0.389. The van der Waals surface area contributed by atoms with E-state index in [1.165, 1.54) is 11.3 Å². The van der Waals surface area contributed by atoms with Gasteiger partial charge in [-0.05, 0) is 36.8 Å². The van der Waals surface area contributed by atoms with E-state index in [1.54, 1.807) is 6.26 Å². The van der Waals surface area contributed by atoms with E-state index >= 15 is 0 Å². The minimum Gasteiger partial charge on any atom is -0.469 e. The first-order valence-electron chi connectivity index (χ1n) is 8.09. The second kappa shape index (κ2) is 7.22. The summed E-state index contributed by atoms with van der Waals surface area (Å²) in [6.07, 6.45) is 2.38. The van der Waals surface area contributed by atoms with E-state index in [2.05, 4.69) is 41.4 Å². The molecule has 1 N–H and O–H groups in total. The number of anilines is 1. The lowest BCUT2D eigenvalue weighted by Crippen LogP contribution is -2.52. The molecule has 0 radical (unpaired) electrons. The zero-order valence-electron chi connectivity index (χ0n) is 13.5. The Morgan fingerprint density at radius 2 is 2.00 bits per heavy atom. The average Bonchev–Trinajstić information content (AvgIpc) is 3.08. The highest BCUT2D eigenvalue weighted by Crippen LogP contribution is 2.17. The van der Waals surface area contributed by atoms with Gasteiger partial charge in [-0.3, -0.25) is 0 Å². The summed E-state index contributed by atoms with van der Waals surface area (Å²) in [5, 5.41) is 2.96. The van der Waals surface area contributed by atoms with Crippen LogP contribution >= 0.6 is 0 Å². The van der Waals surface area contributed by atoms with E-state index in [4.69, 9.17) is 4.42 Å². The highest BCUT2D eigenvalue weighted by Gasteiger charge is 2.21. The van der Waals surface area contributed by atoms with Crippen LogP contribution in [-0.4, -0.2) is 43.7 Å². The number of furan rings is 1. The molecule has 0 unspecified atom stereocenters. The fourth-order valence-electron chi connectivity index (χ4n) is 2.85. The molecule has 23 heavy (non-hydrogen) atoms. The van der Waals surface area contributed by atoms with Crippen molar-refractivity contribution in [2.75, 3.05) is 37.6 Å². The quantitative estimate of drug-likeness (QED) is 0.944. The Morgan fingerprint density at radius 1 is 1.17 bits per heavy atom. The maximum Gasteiger partial charge on any atom is 0.317 e. The van der Waals surface area contributed by atoms with Gasteiger partial charge in [0.2, 0.25) is 0 Å². The van der Waals surface area contributed by atoms with Gasteiger partial charge in [0.25, 0.3) is 0 Å². The van der Waals surface area contributed by atoms with Gasteiger partial charge in [0.05, 0.1) is 6.26 Å². The lowest BCUT2D eigenvalue weighted by atomic mass is 10.2. The molecule has 1 aromatic carbocycles. The second-order valence-corrected chi connectivity index (χ2v) is 5.87. The molecule has 0 atom stereocenters. The summed E-state index contributed by atoms with van der Waals surface area (Å²) in [6, 6.07) is 12.3. The van der Waals surface area contributed by atoms with Crippen LogP contribution in [0.25, 0.3) is 0 Å². The van der Waals surface area contributed by atoms with Gasteiger partial charge in [-0.2, -0.15) is 0 Å². The third-order valence-electron chi connectivity index (χ3n) is 4.16. The molecule has 2 heterocycles. The van der Waals surface area contributed by atoms with Crippen LogP contribution in [0, 0.1) is 6.92 Å². The molecular weight excluding hydrogens is 290 g/mol.